The fraction of sp³-hybridized carbons (Fsp3) is 0.235. The maximum atomic E-state index is 12.9. The number of hydrogen-bond acceptors (Lipinski definition) is 3. The molecule has 4 nitrogen and oxygen atoms in total. The van der Waals surface area contributed by atoms with E-state index in [1.807, 2.05) is 0 Å². The van der Waals surface area contributed by atoms with Gasteiger partial charge in [0.25, 0.3) is 0 Å². The molecule has 0 radical (unpaired) electrons. The number of benzene rings is 2. The van der Waals surface area contributed by atoms with E-state index in [2.05, 4.69) is 0 Å². The Bertz CT molecular complexity index is 842. The van der Waals surface area contributed by atoms with Crippen LogP contribution in [0, 0.1) is 11.6 Å². The summed E-state index contributed by atoms with van der Waals surface area (Å²) >= 11 is 0. The molecule has 1 heterocycles. The van der Waals surface area contributed by atoms with Gasteiger partial charge >= 0.3 is 0 Å². The van der Waals surface area contributed by atoms with Crippen molar-refractivity contribution < 1.29 is 22.0 Å². The first-order valence-electron chi connectivity index (χ1n) is 7.38. The minimum Gasteiger partial charge on any atom is -0.340 e. The Morgan fingerprint density at radius 1 is 0.958 bits per heavy atom. The zero-order valence-corrected chi connectivity index (χ0v) is 13.5. The lowest BCUT2D eigenvalue weighted by atomic mass is 10.1. The van der Waals surface area contributed by atoms with Crippen molar-refractivity contribution in [2.75, 3.05) is 13.1 Å². The normalized spacial score (nSPS) is 15.2. The molecule has 1 aliphatic rings. The van der Waals surface area contributed by atoms with Crippen molar-refractivity contribution in [1.29, 1.82) is 0 Å². The van der Waals surface area contributed by atoms with Crippen LogP contribution in [-0.4, -0.2) is 37.6 Å². The highest BCUT2D eigenvalue weighted by atomic mass is 32.2. The monoisotopic (exact) mass is 351 g/mol. The Balaban J connectivity index is 1.61. The molecule has 0 unspecified atom stereocenters. The lowest BCUT2D eigenvalue weighted by Crippen LogP contribution is -2.57. The van der Waals surface area contributed by atoms with Crippen molar-refractivity contribution in [1.82, 2.24) is 4.90 Å². The summed E-state index contributed by atoms with van der Waals surface area (Å²) in [6.07, 6.45) is 0.101. The van der Waals surface area contributed by atoms with Gasteiger partial charge in [-0.1, -0.05) is 12.1 Å². The third-order valence-corrected chi connectivity index (χ3v) is 6.16. The van der Waals surface area contributed by atoms with Crippen LogP contribution in [0.5, 0.6) is 0 Å². The molecule has 2 aromatic rings. The van der Waals surface area contributed by atoms with E-state index >= 15 is 0 Å². The van der Waals surface area contributed by atoms with Gasteiger partial charge in [0.1, 0.15) is 16.9 Å². The van der Waals surface area contributed by atoms with Crippen molar-refractivity contribution >= 4 is 15.7 Å². The van der Waals surface area contributed by atoms with Crippen LogP contribution in [0.15, 0.2) is 53.4 Å². The standard InChI is InChI=1S/C17H15F2NO3S/c18-13-3-1-12(2-4-13)9-17(21)20-10-16(11-20)24(22,23)15-7-5-14(19)6-8-15/h1-8,16H,9-11H2. The molecule has 7 heteroatoms. The van der Waals surface area contributed by atoms with Gasteiger partial charge in [0.2, 0.25) is 5.91 Å². The summed E-state index contributed by atoms with van der Waals surface area (Å²) in [5.74, 6) is -1.08. The van der Waals surface area contributed by atoms with Gasteiger partial charge in [0.15, 0.2) is 9.84 Å². The first kappa shape index (κ1) is 16.6. The number of rotatable bonds is 4. The van der Waals surface area contributed by atoms with Gasteiger partial charge in [-0.25, -0.2) is 17.2 Å². The molecule has 2 aromatic carbocycles. The van der Waals surface area contributed by atoms with E-state index in [0.29, 0.717) is 5.56 Å². The number of hydrogen-bond donors (Lipinski definition) is 0. The van der Waals surface area contributed by atoms with Crippen LogP contribution in [0.3, 0.4) is 0 Å². The Hall–Kier alpha value is -2.28. The maximum absolute atomic E-state index is 12.9. The predicted octanol–water partition coefficient (Wildman–Crippen LogP) is 2.19. The van der Waals surface area contributed by atoms with Gasteiger partial charge in [0.05, 0.1) is 11.3 Å². The number of halogens is 2. The lowest BCUT2D eigenvalue weighted by molar-refractivity contribution is -0.133. The summed E-state index contributed by atoms with van der Waals surface area (Å²) in [4.78, 5) is 13.6. The van der Waals surface area contributed by atoms with Gasteiger partial charge in [-0.3, -0.25) is 4.79 Å². The van der Waals surface area contributed by atoms with Crippen molar-refractivity contribution in [3.8, 4) is 0 Å². The van der Waals surface area contributed by atoms with Crippen LogP contribution in [0.25, 0.3) is 0 Å². The fourth-order valence-corrected chi connectivity index (χ4v) is 4.20. The molecule has 0 bridgehead atoms. The molecule has 3 rings (SSSR count). The highest BCUT2D eigenvalue weighted by Crippen LogP contribution is 2.24. The number of sulfone groups is 1. The molecule has 126 valence electrons. The molecular weight excluding hydrogens is 336 g/mol. The van der Waals surface area contributed by atoms with Crippen molar-refractivity contribution in [2.45, 2.75) is 16.6 Å². The highest BCUT2D eigenvalue weighted by Gasteiger charge is 2.40. The Morgan fingerprint density at radius 2 is 1.46 bits per heavy atom. The Morgan fingerprint density at radius 3 is 2.00 bits per heavy atom. The Labute approximate surface area is 138 Å². The molecule has 1 aliphatic heterocycles. The highest BCUT2D eigenvalue weighted by molar-refractivity contribution is 7.92. The quantitative estimate of drug-likeness (QED) is 0.794. The van der Waals surface area contributed by atoms with Gasteiger partial charge in [0, 0.05) is 13.1 Å². The topological polar surface area (TPSA) is 54.5 Å². The molecule has 0 N–H and O–H groups in total. The average Bonchev–Trinajstić information content (AvgIpc) is 2.48. The molecule has 0 aliphatic carbocycles. The zero-order valence-electron chi connectivity index (χ0n) is 12.7. The van der Waals surface area contributed by atoms with Crippen LogP contribution in [0.1, 0.15) is 5.56 Å². The third-order valence-electron chi connectivity index (χ3n) is 4.05. The minimum atomic E-state index is -3.57. The van der Waals surface area contributed by atoms with Crippen molar-refractivity contribution in [3.05, 3.63) is 65.7 Å². The first-order chi connectivity index (χ1) is 11.4. The zero-order chi connectivity index (χ0) is 17.3. The largest absolute Gasteiger partial charge is 0.340 e. The van der Waals surface area contributed by atoms with E-state index in [4.69, 9.17) is 0 Å². The summed E-state index contributed by atoms with van der Waals surface area (Å²) in [5.41, 5.74) is 0.672. The van der Waals surface area contributed by atoms with Gasteiger partial charge in [-0.15, -0.1) is 0 Å². The molecule has 1 amide bonds. The maximum Gasteiger partial charge on any atom is 0.227 e. The lowest BCUT2D eigenvalue weighted by Gasteiger charge is -2.38. The molecule has 1 fully saturated rings. The van der Waals surface area contributed by atoms with Crippen molar-refractivity contribution in [2.24, 2.45) is 0 Å². The van der Waals surface area contributed by atoms with E-state index < -0.39 is 20.9 Å². The van der Waals surface area contributed by atoms with E-state index in [-0.39, 0.29) is 36.1 Å². The van der Waals surface area contributed by atoms with Crippen LogP contribution in [0.4, 0.5) is 8.78 Å². The van der Waals surface area contributed by atoms with E-state index in [1.54, 1.807) is 0 Å². The summed E-state index contributed by atoms with van der Waals surface area (Å²) < 4.78 is 50.5. The van der Waals surface area contributed by atoms with Gasteiger partial charge in [-0.05, 0) is 42.0 Å². The number of nitrogens with zero attached hydrogens (tertiary/aromatic N) is 1. The first-order valence-corrected chi connectivity index (χ1v) is 8.92. The summed E-state index contributed by atoms with van der Waals surface area (Å²) in [6.45, 7) is 0.222. The minimum absolute atomic E-state index is 0.0551. The molecule has 0 atom stereocenters. The number of carbonyl (C=O) groups excluding carboxylic acids is 1. The smallest absolute Gasteiger partial charge is 0.227 e. The molecule has 1 saturated heterocycles. The predicted molar refractivity (Wildman–Crippen MR) is 84.1 cm³/mol. The SMILES string of the molecule is O=C(Cc1ccc(F)cc1)N1CC(S(=O)(=O)c2ccc(F)cc2)C1. The van der Waals surface area contributed by atoms with Crippen LogP contribution >= 0.6 is 0 Å². The van der Waals surface area contributed by atoms with E-state index in [0.717, 1.165) is 12.1 Å². The third kappa shape index (κ3) is 3.31. The number of carbonyl (C=O) groups is 1. The second-order valence-electron chi connectivity index (χ2n) is 5.72. The van der Waals surface area contributed by atoms with Crippen molar-refractivity contribution in [3.63, 3.8) is 0 Å². The number of likely N-dealkylation sites (tertiary alicyclic amines) is 1. The molecule has 24 heavy (non-hydrogen) atoms. The van der Waals surface area contributed by atoms with Gasteiger partial charge < -0.3 is 4.90 Å². The molecule has 0 spiro atoms. The van der Waals surface area contributed by atoms with Crippen LogP contribution in [0.2, 0.25) is 0 Å². The van der Waals surface area contributed by atoms with Crippen LogP contribution in [-0.2, 0) is 21.1 Å². The molecular formula is C17H15F2NO3S. The fourth-order valence-electron chi connectivity index (χ4n) is 2.54. The second kappa shape index (κ2) is 6.32. The summed E-state index contributed by atoms with van der Waals surface area (Å²) in [6, 6.07) is 10.3. The van der Waals surface area contributed by atoms with Gasteiger partial charge in [-0.2, -0.15) is 0 Å². The van der Waals surface area contributed by atoms with E-state index in [1.165, 1.54) is 41.3 Å². The van der Waals surface area contributed by atoms with Crippen LogP contribution < -0.4 is 0 Å². The number of amides is 1. The van der Waals surface area contributed by atoms with E-state index in [9.17, 15) is 22.0 Å². The second-order valence-corrected chi connectivity index (χ2v) is 7.95. The summed E-state index contributed by atoms with van der Waals surface area (Å²) in [5, 5.41) is -0.680. The average molecular weight is 351 g/mol. The molecule has 0 saturated carbocycles. The summed E-state index contributed by atoms with van der Waals surface area (Å²) in [7, 11) is -3.57. The Kier molecular flexibility index (Phi) is 4.36. The molecule has 0 aromatic heterocycles.